The molecule has 0 aliphatic carbocycles. The van der Waals surface area contributed by atoms with E-state index in [0.29, 0.717) is 23.4 Å². The van der Waals surface area contributed by atoms with Gasteiger partial charge in [-0.3, -0.25) is 27.0 Å². The molecule has 4 aliphatic heterocycles. The number of piperidine rings is 4. The maximum Gasteiger partial charge on any atom is 0.674 e. The van der Waals surface area contributed by atoms with Crippen molar-refractivity contribution in [2.24, 2.45) is 5.92 Å². The summed E-state index contributed by atoms with van der Waals surface area (Å²) in [6.45, 7) is 6.03. The van der Waals surface area contributed by atoms with Crippen molar-refractivity contribution in [3.05, 3.63) is 34.9 Å². The first-order valence-corrected chi connectivity index (χ1v) is 12.0. The highest BCUT2D eigenvalue weighted by Gasteiger charge is 2.52. The smallest absolute Gasteiger partial charge is 0.459 e. The number of nitrogens with zero attached hydrogens (tertiary/aromatic N) is 1. The zero-order chi connectivity index (χ0) is 31.3. The van der Waals surface area contributed by atoms with E-state index in [9.17, 15) is 26.9 Å². The largest absolute Gasteiger partial charge is 0.674 e. The molecule has 40 heavy (non-hydrogen) atoms. The molecule has 4 bridgehead atoms. The number of carbonyl (C=O) groups is 2. The first-order chi connectivity index (χ1) is 18.3. The molecule has 0 spiro atoms. The lowest BCUT2D eigenvalue weighted by Gasteiger charge is -2.57. The Kier molecular flexibility index (Phi) is 17.5. The molecule has 5 rings (SSSR count). The molecule has 20 heteroatoms. The van der Waals surface area contributed by atoms with Crippen molar-refractivity contribution in [3.63, 3.8) is 0 Å². The summed E-state index contributed by atoms with van der Waals surface area (Å²) in [7, 11) is -10.7. The van der Waals surface area contributed by atoms with Gasteiger partial charge in [0.2, 0.25) is 0 Å². The van der Waals surface area contributed by atoms with E-state index in [1.807, 2.05) is 32.9 Å². The number of carbonyl (C=O) groups excluding carboxylic acids is 2. The summed E-state index contributed by atoms with van der Waals surface area (Å²) in [5.74, 6) is 0.431. The van der Waals surface area contributed by atoms with Gasteiger partial charge in [0.15, 0.2) is 5.78 Å². The number of Topliss-reactive ketones (excluding diaryl/α,β-unsaturated/α-hetero) is 1. The Morgan fingerprint density at radius 1 is 0.775 bits per heavy atom. The Balaban J connectivity index is 0.000000788. The van der Waals surface area contributed by atoms with Crippen LogP contribution in [0, 0.1) is 19.8 Å². The molecule has 0 radical (unpaired) electrons. The highest BCUT2D eigenvalue weighted by Crippen LogP contribution is 2.44. The molecule has 4 aliphatic rings. The number of hydrogen-bond acceptors (Lipinski definition) is 12. The molecule has 0 saturated carbocycles. The van der Waals surface area contributed by atoms with Crippen LogP contribution in [0.15, 0.2) is 18.2 Å². The Labute approximate surface area is 230 Å². The monoisotopic (exact) mass is 583 g/mol. The van der Waals surface area contributed by atoms with E-state index < -0.39 is 29.6 Å². The third-order valence-electron chi connectivity index (χ3n) is 6.02. The van der Waals surface area contributed by atoms with E-state index in [1.54, 1.807) is 0 Å². The Morgan fingerprint density at radius 3 is 1.45 bits per heavy atom. The summed E-state index contributed by atoms with van der Waals surface area (Å²) in [6.07, 6.45) is 3.59. The number of ketones is 1. The third kappa shape index (κ3) is 15.1. The number of halogens is 4. The highest BCUT2D eigenvalue weighted by molar-refractivity contribution is 6.32. The summed E-state index contributed by atoms with van der Waals surface area (Å²) in [4.78, 5) is 27.1. The number of hydrogen-bond donors (Lipinski definition) is 8. The number of ether oxygens (including phenoxy) is 1. The normalized spacial score (nSPS) is 25.1. The summed E-state index contributed by atoms with van der Waals surface area (Å²) < 4.78 is 46.3. The van der Waals surface area contributed by atoms with Crippen LogP contribution < -0.4 is 0 Å². The number of benzene rings is 1. The third-order valence-corrected chi connectivity index (χ3v) is 6.02. The molecule has 3 unspecified atom stereocenters. The molecular weight excluding hydrogens is 549 g/mol. The van der Waals surface area contributed by atoms with Crippen LogP contribution in [0.4, 0.5) is 17.3 Å². The second-order valence-electron chi connectivity index (χ2n) is 9.12. The lowest BCUT2D eigenvalue weighted by atomic mass is 9.69. The minimum absolute atomic E-state index is 0.0223. The molecular formula is C20H33B4F4NO11. The fourth-order valence-corrected chi connectivity index (χ4v) is 5.19. The standard InChI is InChI=1S/C20H25NO3.4BFH2O2/c1-11-4-12(2)6-15(5-11)20(23)24-18-9-16-7-14-8-17(10-18)21(16)13(3)19(14)22;4*2-1(3)4/h4-6,13-14,16-18H,7-10H2,1-3H3;4*3-4H. The van der Waals surface area contributed by atoms with Gasteiger partial charge in [-0.05, 0) is 45.7 Å². The van der Waals surface area contributed by atoms with Crippen molar-refractivity contribution in [1.29, 1.82) is 0 Å². The van der Waals surface area contributed by atoms with Crippen LogP contribution >= 0.6 is 0 Å². The fraction of sp³-hybridized carbons (Fsp3) is 0.600. The van der Waals surface area contributed by atoms with Gasteiger partial charge >= 0.3 is 35.6 Å². The molecule has 4 heterocycles. The van der Waals surface area contributed by atoms with Gasteiger partial charge in [0.25, 0.3) is 0 Å². The molecule has 3 atom stereocenters. The van der Waals surface area contributed by atoms with Crippen LogP contribution in [0.3, 0.4) is 0 Å². The van der Waals surface area contributed by atoms with Crippen LogP contribution in [0.1, 0.15) is 54.1 Å². The second-order valence-corrected chi connectivity index (χ2v) is 9.12. The Morgan fingerprint density at radius 2 is 1.12 bits per heavy atom. The zero-order valence-electron chi connectivity index (χ0n) is 22.0. The lowest BCUT2D eigenvalue weighted by Crippen LogP contribution is -2.66. The fourth-order valence-electron chi connectivity index (χ4n) is 5.19. The van der Waals surface area contributed by atoms with E-state index in [2.05, 4.69) is 11.0 Å². The number of fused-ring (bicyclic) bond motifs is 1. The van der Waals surface area contributed by atoms with Crippen molar-refractivity contribution in [2.45, 2.75) is 70.7 Å². The van der Waals surface area contributed by atoms with Crippen molar-refractivity contribution < 1.29 is 71.8 Å². The predicted octanol–water partition coefficient (Wildman–Crippen LogP) is -1.26. The van der Waals surface area contributed by atoms with Crippen LogP contribution in [-0.2, 0) is 9.53 Å². The van der Waals surface area contributed by atoms with Crippen molar-refractivity contribution >= 4 is 41.3 Å². The summed E-state index contributed by atoms with van der Waals surface area (Å²) in [5, 5.41) is 55.6. The van der Waals surface area contributed by atoms with Crippen molar-refractivity contribution in [3.8, 4) is 0 Å². The first-order valence-electron chi connectivity index (χ1n) is 12.0. The van der Waals surface area contributed by atoms with Crippen LogP contribution in [0.2, 0.25) is 0 Å². The Bertz CT molecular complexity index is 848. The number of esters is 1. The quantitative estimate of drug-likeness (QED) is 0.117. The minimum Gasteiger partial charge on any atom is -0.459 e. The van der Waals surface area contributed by atoms with Crippen LogP contribution in [-0.4, -0.2) is 111 Å². The summed E-state index contributed by atoms with van der Waals surface area (Å²) in [6, 6.07) is 6.68. The van der Waals surface area contributed by atoms with Gasteiger partial charge in [-0.2, -0.15) is 0 Å². The van der Waals surface area contributed by atoms with E-state index in [-0.39, 0.29) is 24.0 Å². The average molecular weight is 583 g/mol. The van der Waals surface area contributed by atoms with Crippen molar-refractivity contribution in [2.75, 3.05) is 0 Å². The summed E-state index contributed by atoms with van der Waals surface area (Å²) >= 11 is 0. The molecule has 8 N–H and O–H groups in total. The van der Waals surface area contributed by atoms with Gasteiger partial charge in [-0.1, -0.05) is 17.2 Å². The van der Waals surface area contributed by atoms with Gasteiger partial charge in [0.05, 0.1) is 11.6 Å². The van der Waals surface area contributed by atoms with Crippen LogP contribution in [0.5, 0.6) is 0 Å². The van der Waals surface area contributed by atoms with Gasteiger partial charge in [-0.25, -0.2) is 4.79 Å². The van der Waals surface area contributed by atoms with Crippen molar-refractivity contribution in [1.82, 2.24) is 4.90 Å². The SMILES string of the molecule is Cc1cc(C)cc(C(=O)OC2CC3CC4CC(C2)N3C(C)C4=O)c1.OB(O)F.OB(O)F.OB(O)F.OB(O)F. The maximum atomic E-state index is 12.5. The number of rotatable bonds is 2. The highest BCUT2D eigenvalue weighted by atomic mass is 19.1. The molecule has 4 saturated heterocycles. The molecule has 1 aromatic carbocycles. The lowest BCUT2D eigenvalue weighted by molar-refractivity contribution is -0.155. The van der Waals surface area contributed by atoms with Gasteiger partial charge in [0.1, 0.15) is 6.10 Å². The maximum absolute atomic E-state index is 12.5. The van der Waals surface area contributed by atoms with Gasteiger partial charge < -0.3 is 44.9 Å². The van der Waals surface area contributed by atoms with E-state index >= 15 is 0 Å². The van der Waals surface area contributed by atoms with E-state index in [4.69, 9.17) is 44.9 Å². The molecule has 0 amide bonds. The molecule has 12 nitrogen and oxygen atoms in total. The summed E-state index contributed by atoms with van der Waals surface area (Å²) in [5.41, 5.74) is 2.81. The molecule has 4 fully saturated rings. The zero-order valence-corrected chi connectivity index (χ0v) is 22.0. The molecule has 0 aromatic heterocycles. The van der Waals surface area contributed by atoms with E-state index in [1.165, 1.54) is 0 Å². The second kappa shape index (κ2) is 18.4. The first kappa shape index (κ1) is 38.0. The predicted molar refractivity (Wildman–Crippen MR) is 136 cm³/mol. The molecule has 1 aromatic rings. The minimum atomic E-state index is -2.67. The molecule has 224 valence electrons. The average Bonchev–Trinajstić information content (AvgIpc) is 2.74. The topological polar surface area (TPSA) is 208 Å². The van der Waals surface area contributed by atoms with Crippen LogP contribution in [0.25, 0.3) is 0 Å². The van der Waals surface area contributed by atoms with E-state index in [0.717, 1.165) is 36.8 Å². The van der Waals surface area contributed by atoms with Gasteiger partial charge in [-0.15, -0.1) is 0 Å². The number of aryl methyl sites for hydroxylation is 2. The van der Waals surface area contributed by atoms with Gasteiger partial charge in [0, 0.05) is 30.8 Å². The Hall–Kier alpha value is -2.02.